The Balaban J connectivity index is 2.11. The molecule has 0 amide bonds. The molecular weight excluding hydrogens is 267 g/mol. The molecule has 1 aliphatic rings. The first kappa shape index (κ1) is 13.6. The molecule has 0 saturated carbocycles. The average molecular weight is 286 g/mol. The Kier molecular flexibility index (Phi) is 4.02. The molecule has 0 unspecified atom stereocenters. The summed E-state index contributed by atoms with van der Waals surface area (Å²) >= 11 is 3.34. The minimum absolute atomic E-state index is 0.321. The van der Waals surface area contributed by atoms with Crippen LogP contribution < -0.4 is 5.30 Å². The topological polar surface area (TPSA) is 17.1 Å². The van der Waals surface area contributed by atoms with Crippen LogP contribution in [0.1, 0.15) is 20.8 Å². The molecule has 0 atom stereocenters. The van der Waals surface area contributed by atoms with Crippen molar-refractivity contribution in [3.05, 3.63) is 30.3 Å². The summed E-state index contributed by atoms with van der Waals surface area (Å²) in [5, 5.41) is 1.02. The van der Waals surface area contributed by atoms with Gasteiger partial charge in [-0.1, -0.05) is 61.7 Å². The van der Waals surface area contributed by atoms with Crippen molar-refractivity contribution < 1.29 is 4.57 Å². The van der Waals surface area contributed by atoms with Crippen molar-refractivity contribution in [2.24, 2.45) is 11.3 Å². The highest BCUT2D eigenvalue weighted by atomic mass is 33.1. The molecule has 1 aromatic rings. The lowest BCUT2D eigenvalue weighted by atomic mass is 9.83. The molecule has 0 radical (unpaired) electrons. The van der Waals surface area contributed by atoms with Crippen LogP contribution in [-0.2, 0) is 4.57 Å². The van der Waals surface area contributed by atoms with Crippen molar-refractivity contribution in [2.75, 3.05) is 11.5 Å². The zero-order chi connectivity index (χ0) is 12.5. The van der Waals surface area contributed by atoms with Crippen LogP contribution >= 0.6 is 28.3 Å². The molecule has 1 aromatic carbocycles. The third-order valence-corrected chi connectivity index (χ3v) is 12.0. The fourth-order valence-corrected chi connectivity index (χ4v) is 10.6. The molecule has 0 spiro atoms. The first-order valence-electron chi connectivity index (χ1n) is 5.86. The summed E-state index contributed by atoms with van der Waals surface area (Å²) in [6.07, 6.45) is 0. The maximum absolute atomic E-state index is 12.8. The monoisotopic (exact) mass is 286 g/mol. The van der Waals surface area contributed by atoms with Gasteiger partial charge in [-0.2, -0.15) is 0 Å². The van der Waals surface area contributed by atoms with Gasteiger partial charge in [0, 0.05) is 16.8 Å². The lowest BCUT2D eigenvalue weighted by molar-refractivity contribution is 0.294. The number of rotatable bonds is 1. The molecule has 1 aliphatic heterocycles. The Bertz CT molecular complexity index is 413. The van der Waals surface area contributed by atoms with Gasteiger partial charge in [0.15, 0.2) is 0 Å². The predicted molar refractivity (Wildman–Crippen MR) is 81.5 cm³/mol. The molecule has 2 rings (SSSR count). The number of hydrogen-bond acceptors (Lipinski definition) is 3. The fraction of sp³-hybridized carbons (Fsp3) is 0.538. The molecule has 1 fully saturated rings. The second kappa shape index (κ2) is 5.03. The zero-order valence-corrected chi connectivity index (χ0v) is 13.1. The van der Waals surface area contributed by atoms with Crippen LogP contribution in [-0.4, -0.2) is 11.5 Å². The smallest absolute Gasteiger partial charge is 0.219 e. The van der Waals surface area contributed by atoms with Crippen molar-refractivity contribution in [3.8, 4) is 0 Å². The first-order chi connectivity index (χ1) is 7.92. The van der Waals surface area contributed by atoms with E-state index in [0.717, 1.165) is 16.8 Å². The van der Waals surface area contributed by atoms with E-state index in [1.165, 1.54) is 0 Å². The highest BCUT2D eigenvalue weighted by Gasteiger charge is 2.37. The molecule has 1 nitrogen and oxygen atoms in total. The Morgan fingerprint density at radius 1 is 1.12 bits per heavy atom. The Hall–Kier alpha value is 0.150. The summed E-state index contributed by atoms with van der Waals surface area (Å²) in [5.74, 6) is 2.69. The van der Waals surface area contributed by atoms with Gasteiger partial charge in [-0.25, -0.2) is 0 Å². The second-order valence-electron chi connectivity index (χ2n) is 5.49. The average Bonchev–Trinajstić information content (AvgIpc) is 2.29. The van der Waals surface area contributed by atoms with Gasteiger partial charge in [-0.05, 0) is 23.5 Å². The van der Waals surface area contributed by atoms with Gasteiger partial charge >= 0.3 is 0 Å². The standard InChI is InChI=1S/C13H19OPS2/c1-13(2,3)11-9-16-15(14,17-10-11)12-7-5-4-6-8-12/h4-8,11H,9-10H2,1-3H3. The summed E-state index contributed by atoms with van der Waals surface area (Å²) in [4.78, 5) is 0. The quantitative estimate of drug-likeness (QED) is 0.700. The SMILES string of the molecule is CC(C)(C)C1CSP(=O)(c2ccccc2)SC1. The largest absolute Gasteiger partial charge is 0.295 e. The molecule has 0 aliphatic carbocycles. The Morgan fingerprint density at radius 2 is 1.65 bits per heavy atom. The van der Waals surface area contributed by atoms with Crippen molar-refractivity contribution in [1.82, 2.24) is 0 Å². The predicted octanol–water partition coefficient (Wildman–Crippen LogP) is 4.65. The molecule has 94 valence electrons. The summed E-state index contributed by atoms with van der Waals surface area (Å²) in [7, 11) is 0. The normalized spacial score (nSPS) is 30.2. The van der Waals surface area contributed by atoms with E-state index in [2.05, 4.69) is 20.8 Å². The van der Waals surface area contributed by atoms with E-state index >= 15 is 0 Å². The van der Waals surface area contributed by atoms with Crippen molar-refractivity contribution in [3.63, 3.8) is 0 Å². The lowest BCUT2D eigenvalue weighted by Crippen LogP contribution is -2.27. The third-order valence-electron chi connectivity index (χ3n) is 3.19. The van der Waals surface area contributed by atoms with E-state index in [-0.39, 0.29) is 0 Å². The second-order valence-corrected chi connectivity index (χ2v) is 13.5. The highest BCUT2D eigenvalue weighted by Crippen LogP contribution is 2.71. The van der Waals surface area contributed by atoms with Crippen LogP contribution in [0.15, 0.2) is 30.3 Å². The summed E-state index contributed by atoms with van der Waals surface area (Å²) < 4.78 is 12.8. The molecule has 0 bridgehead atoms. The highest BCUT2D eigenvalue weighted by molar-refractivity contribution is 8.92. The first-order valence-corrected chi connectivity index (χ1v) is 10.8. The minimum atomic E-state index is -2.24. The van der Waals surface area contributed by atoms with Crippen LogP contribution in [0.4, 0.5) is 0 Å². The van der Waals surface area contributed by atoms with E-state index in [9.17, 15) is 4.57 Å². The van der Waals surface area contributed by atoms with E-state index in [1.54, 1.807) is 22.8 Å². The van der Waals surface area contributed by atoms with Gasteiger partial charge in [0.1, 0.15) is 0 Å². The maximum atomic E-state index is 12.8. The molecule has 4 heteroatoms. The Morgan fingerprint density at radius 3 is 2.12 bits per heavy atom. The minimum Gasteiger partial charge on any atom is -0.295 e. The summed E-state index contributed by atoms with van der Waals surface area (Å²) in [6.45, 7) is 6.83. The maximum Gasteiger partial charge on any atom is 0.219 e. The summed E-state index contributed by atoms with van der Waals surface area (Å²) in [5.41, 5.74) is -1.92. The molecule has 1 saturated heterocycles. The van der Waals surface area contributed by atoms with E-state index in [0.29, 0.717) is 11.3 Å². The van der Waals surface area contributed by atoms with Gasteiger partial charge in [-0.3, -0.25) is 4.57 Å². The van der Waals surface area contributed by atoms with Crippen LogP contribution in [0, 0.1) is 11.3 Å². The van der Waals surface area contributed by atoms with Gasteiger partial charge < -0.3 is 0 Å². The third kappa shape index (κ3) is 3.13. The van der Waals surface area contributed by atoms with Crippen LogP contribution in [0.3, 0.4) is 0 Å². The van der Waals surface area contributed by atoms with Crippen molar-refractivity contribution >= 4 is 33.6 Å². The van der Waals surface area contributed by atoms with Crippen LogP contribution in [0.5, 0.6) is 0 Å². The van der Waals surface area contributed by atoms with Gasteiger partial charge in [-0.15, -0.1) is 0 Å². The van der Waals surface area contributed by atoms with E-state index in [1.807, 2.05) is 30.3 Å². The summed E-state index contributed by atoms with van der Waals surface area (Å²) in [6, 6.07) is 9.93. The van der Waals surface area contributed by atoms with Crippen LogP contribution in [0.2, 0.25) is 0 Å². The van der Waals surface area contributed by atoms with Gasteiger partial charge in [0.05, 0.1) is 0 Å². The molecule has 17 heavy (non-hydrogen) atoms. The molecule has 0 N–H and O–H groups in total. The molecular formula is C13H19OPS2. The van der Waals surface area contributed by atoms with E-state index in [4.69, 9.17) is 0 Å². The molecule has 1 heterocycles. The number of benzene rings is 1. The van der Waals surface area contributed by atoms with Gasteiger partial charge in [0.25, 0.3) is 0 Å². The van der Waals surface area contributed by atoms with Crippen molar-refractivity contribution in [1.29, 1.82) is 0 Å². The van der Waals surface area contributed by atoms with Crippen molar-refractivity contribution in [2.45, 2.75) is 20.8 Å². The van der Waals surface area contributed by atoms with E-state index < -0.39 is 5.55 Å². The zero-order valence-electron chi connectivity index (χ0n) is 10.6. The lowest BCUT2D eigenvalue weighted by Gasteiger charge is -2.36. The number of hydrogen-bond donors (Lipinski definition) is 0. The fourth-order valence-electron chi connectivity index (χ4n) is 1.72. The van der Waals surface area contributed by atoms with Gasteiger partial charge in [0.2, 0.25) is 5.55 Å². The molecule has 0 aromatic heterocycles. The van der Waals surface area contributed by atoms with Crippen LogP contribution in [0.25, 0.3) is 0 Å². The Labute approximate surface area is 112 Å².